The van der Waals surface area contributed by atoms with Crippen molar-refractivity contribution in [3.63, 3.8) is 0 Å². The van der Waals surface area contributed by atoms with Crippen LogP contribution in [0.15, 0.2) is 36.5 Å². The summed E-state index contributed by atoms with van der Waals surface area (Å²) in [5.74, 6) is -0.551. The second kappa shape index (κ2) is 5.22. The normalized spacial score (nSPS) is 13.8. The molecule has 2 heterocycles. The third kappa shape index (κ3) is 2.27. The van der Waals surface area contributed by atoms with Gasteiger partial charge in [0.2, 0.25) is 0 Å². The second-order valence-corrected chi connectivity index (χ2v) is 6.88. The van der Waals surface area contributed by atoms with Crippen molar-refractivity contribution in [1.29, 1.82) is 0 Å². The number of carbonyl (C=O) groups is 2. The standard InChI is InChI=1S/C15H12AsN2O2/c1-9-10(4-3-7-17-9)8-16-12-6-2-5-11-13(12)15(20)18-14(11)19/h2-7H,8H2,1H3,(H,18,19,20). The average Bonchev–Trinajstić information content (AvgIpc) is 2.74. The molecule has 1 aromatic heterocycles. The molecule has 2 aromatic rings. The van der Waals surface area contributed by atoms with Crippen molar-refractivity contribution >= 4 is 31.9 Å². The molecule has 2 amide bonds. The number of rotatable bonds is 3. The topological polar surface area (TPSA) is 59.1 Å². The summed E-state index contributed by atoms with van der Waals surface area (Å²) < 4.78 is 1.00. The third-order valence-corrected chi connectivity index (χ3v) is 5.82. The Labute approximate surface area is 123 Å². The van der Waals surface area contributed by atoms with E-state index in [1.54, 1.807) is 12.3 Å². The van der Waals surface area contributed by atoms with E-state index in [9.17, 15) is 9.59 Å². The van der Waals surface area contributed by atoms with Crippen LogP contribution in [0.4, 0.5) is 0 Å². The summed E-state index contributed by atoms with van der Waals surface area (Å²) in [5, 5.41) is 3.25. The molecule has 0 fully saturated rings. The summed E-state index contributed by atoms with van der Waals surface area (Å²) in [6.45, 7) is 1.99. The van der Waals surface area contributed by atoms with Gasteiger partial charge in [-0.3, -0.25) is 0 Å². The van der Waals surface area contributed by atoms with Crippen LogP contribution in [0, 0.1) is 6.92 Å². The predicted molar refractivity (Wildman–Crippen MR) is 76.3 cm³/mol. The molecule has 1 aliphatic rings. The van der Waals surface area contributed by atoms with Gasteiger partial charge in [-0.2, -0.15) is 0 Å². The van der Waals surface area contributed by atoms with Gasteiger partial charge in [0.15, 0.2) is 0 Å². The minimum atomic E-state index is -0.286. The van der Waals surface area contributed by atoms with E-state index in [4.69, 9.17) is 0 Å². The van der Waals surface area contributed by atoms with Gasteiger partial charge in [-0.25, -0.2) is 0 Å². The molecule has 99 valence electrons. The van der Waals surface area contributed by atoms with Gasteiger partial charge in [0.1, 0.15) is 0 Å². The number of hydrogen-bond acceptors (Lipinski definition) is 3. The number of benzene rings is 1. The molecule has 0 bridgehead atoms. The van der Waals surface area contributed by atoms with Gasteiger partial charge < -0.3 is 0 Å². The predicted octanol–water partition coefficient (Wildman–Crippen LogP) is 0.803. The van der Waals surface area contributed by atoms with Gasteiger partial charge in [-0.1, -0.05) is 0 Å². The molecule has 1 radical (unpaired) electrons. The van der Waals surface area contributed by atoms with E-state index >= 15 is 0 Å². The Bertz CT molecular complexity index is 713. The van der Waals surface area contributed by atoms with Crippen LogP contribution in [0.5, 0.6) is 0 Å². The zero-order valence-electron chi connectivity index (χ0n) is 10.9. The number of carbonyl (C=O) groups excluding carboxylic acids is 2. The van der Waals surface area contributed by atoms with Gasteiger partial charge in [0.25, 0.3) is 0 Å². The first-order chi connectivity index (χ1) is 9.66. The number of pyridine rings is 1. The van der Waals surface area contributed by atoms with Crippen LogP contribution in [0.3, 0.4) is 0 Å². The zero-order chi connectivity index (χ0) is 14.1. The summed E-state index contributed by atoms with van der Waals surface area (Å²) in [7, 11) is 0. The molecule has 1 N–H and O–H groups in total. The molecule has 0 aliphatic carbocycles. The van der Waals surface area contributed by atoms with E-state index in [-0.39, 0.29) is 27.6 Å². The van der Waals surface area contributed by atoms with Gasteiger partial charge in [-0.05, 0) is 0 Å². The van der Waals surface area contributed by atoms with Crippen molar-refractivity contribution in [2.45, 2.75) is 12.1 Å². The van der Waals surface area contributed by atoms with Gasteiger partial charge in [-0.15, -0.1) is 0 Å². The number of aryl methyl sites for hydroxylation is 1. The Balaban J connectivity index is 1.88. The Kier molecular flexibility index (Phi) is 3.41. The molecule has 4 nitrogen and oxygen atoms in total. The van der Waals surface area contributed by atoms with Crippen molar-refractivity contribution in [2.24, 2.45) is 0 Å². The van der Waals surface area contributed by atoms with E-state index in [1.807, 2.05) is 25.1 Å². The van der Waals surface area contributed by atoms with Crippen molar-refractivity contribution in [3.8, 4) is 0 Å². The quantitative estimate of drug-likeness (QED) is 0.670. The number of imide groups is 1. The first-order valence-electron chi connectivity index (χ1n) is 6.23. The van der Waals surface area contributed by atoms with E-state index in [0.29, 0.717) is 11.1 Å². The summed E-state index contributed by atoms with van der Waals surface area (Å²) in [5.41, 5.74) is 3.30. The van der Waals surface area contributed by atoms with Crippen LogP contribution in [0.2, 0.25) is 0 Å². The molecule has 0 saturated carbocycles. The average molecular weight is 327 g/mol. The number of nitrogens with zero attached hydrogens (tertiary/aromatic N) is 1. The molecule has 0 spiro atoms. The molecule has 0 atom stereocenters. The van der Waals surface area contributed by atoms with Crippen LogP contribution in [0.25, 0.3) is 0 Å². The van der Waals surface area contributed by atoms with Gasteiger partial charge in [0, 0.05) is 0 Å². The summed E-state index contributed by atoms with van der Waals surface area (Å²) in [6, 6.07) is 9.48. The maximum atomic E-state index is 11.8. The van der Waals surface area contributed by atoms with Gasteiger partial charge >= 0.3 is 123 Å². The fourth-order valence-electron chi connectivity index (χ4n) is 2.19. The van der Waals surface area contributed by atoms with Crippen LogP contribution in [-0.4, -0.2) is 32.6 Å². The molecule has 3 rings (SSSR count). The third-order valence-electron chi connectivity index (χ3n) is 3.28. The van der Waals surface area contributed by atoms with Crippen molar-refractivity contribution < 1.29 is 9.59 Å². The molecule has 0 saturated heterocycles. The van der Waals surface area contributed by atoms with E-state index < -0.39 is 0 Å². The molecular weight excluding hydrogens is 315 g/mol. The summed E-state index contributed by atoms with van der Waals surface area (Å²) in [4.78, 5) is 27.7. The Hall–Kier alpha value is -1.93. The number of amides is 2. The fraction of sp³-hybridized carbons (Fsp3) is 0.133. The number of fused-ring (bicyclic) bond motifs is 1. The van der Waals surface area contributed by atoms with Gasteiger partial charge in [0.05, 0.1) is 0 Å². The molecular formula is C15H12AsN2O2. The number of nitrogens with one attached hydrogen (secondary N) is 1. The zero-order valence-corrected chi connectivity index (χ0v) is 12.8. The van der Waals surface area contributed by atoms with Crippen molar-refractivity contribution in [1.82, 2.24) is 10.3 Å². The van der Waals surface area contributed by atoms with Crippen LogP contribution in [0.1, 0.15) is 32.0 Å². The molecule has 20 heavy (non-hydrogen) atoms. The molecule has 1 aromatic carbocycles. The van der Waals surface area contributed by atoms with Crippen LogP contribution in [-0.2, 0) is 5.21 Å². The summed E-state index contributed by atoms with van der Waals surface area (Å²) in [6.07, 6.45) is 1.78. The van der Waals surface area contributed by atoms with E-state index in [0.717, 1.165) is 15.3 Å². The Morgan fingerprint density at radius 3 is 2.80 bits per heavy atom. The Morgan fingerprint density at radius 2 is 2.00 bits per heavy atom. The minimum absolute atomic E-state index is 0.212. The Morgan fingerprint density at radius 1 is 1.15 bits per heavy atom. The van der Waals surface area contributed by atoms with Crippen LogP contribution >= 0.6 is 0 Å². The van der Waals surface area contributed by atoms with E-state index in [2.05, 4.69) is 16.4 Å². The first-order valence-corrected chi connectivity index (χ1v) is 8.50. The SMILES string of the molecule is Cc1ncccc1C[As]c1cccc2c1C(=O)NC2=O. The monoisotopic (exact) mass is 327 g/mol. The fourth-order valence-corrected chi connectivity index (χ4v) is 4.80. The molecule has 5 heteroatoms. The second-order valence-electron chi connectivity index (χ2n) is 4.55. The summed E-state index contributed by atoms with van der Waals surface area (Å²) >= 11 is -0.212. The molecule has 0 unspecified atom stereocenters. The van der Waals surface area contributed by atoms with Crippen molar-refractivity contribution in [3.05, 3.63) is 58.9 Å². The molecule has 1 aliphatic heterocycles. The number of hydrogen-bond donors (Lipinski definition) is 1. The van der Waals surface area contributed by atoms with E-state index in [1.165, 1.54) is 5.56 Å². The van der Waals surface area contributed by atoms with Crippen molar-refractivity contribution in [2.75, 3.05) is 0 Å². The van der Waals surface area contributed by atoms with Crippen LogP contribution < -0.4 is 9.67 Å². The first kappa shape index (κ1) is 13.1. The number of aromatic nitrogens is 1. The maximum absolute atomic E-state index is 11.8.